The first-order valence-corrected chi connectivity index (χ1v) is 10.7. The summed E-state index contributed by atoms with van der Waals surface area (Å²) in [6.45, 7) is 3.26. The van der Waals surface area contributed by atoms with E-state index < -0.39 is 0 Å². The van der Waals surface area contributed by atoms with E-state index in [4.69, 9.17) is 4.74 Å². The Labute approximate surface area is 177 Å². The lowest BCUT2D eigenvalue weighted by Crippen LogP contribution is -2.37. The first-order valence-electron chi connectivity index (χ1n) is 10.7. The van der Waals surface area contributed by atoms with Crippen molar-refractivity contribution in [3.63, 3.8) is 0 Å². The average molecular weight is 408 g/mol. The van der Waals surface area contributed by atoms with E-state index in [0.29, 0.717) is 30.8 Å². The van der Waals surface area contributed by atoms with Gasteiger partial charge in [0.2, 0.25) is 5.91 Å². The molecule has 1 atom stereocenters. The summed E-state index contributed by atoms with van der Waals surface area (Å²) in [5.74, 6) is 0.776. The van der Waals surface area contributed by atoms with Crippen molar-refractivity contribution >= 4 is 17.5 Å². The molecule has 2 fully saturated rings. The maximum Gasteiger partial charge on any atom is 0.253 e. The lowest BCUT2D eigenvalue weighted by atomic mass is 10.0. The average Bonchev–Trinajstić information content (AvgIpc) is 3.46. The molecule has 30 heavy (non-hydrogen) atoms. The maximum absolute atomic E-state index is 13.1. The molecule has 0 aromatic heterocycles. The van der Waals surface area contributed by atoms with Gasteiger partial charge in [-0.25, -0.2) is 0 Å². The standard InChI is InChI=1S/C24H29N3O3/c1-30-19-12-10-18(11-13-19)22(26-14-4-5-15-26)17-25-24(29)20-7-2-3-8-21(20)27-16-6-9-23(27)28/h2-3,7-8,10-13,22H,4-6,9,14-17H2,1H3,(H,25,29)/t22-/m0/s1. The second-order valence-corrected chi connectivity index (χ2v) is 7.91. The Hall–Kier alpha value is -2.86. The van der Waals surface area contributed by atoms with Gasteiger partial charge in [-0.2, -0.15) is 0 Å². The zero-order chi connectivity index (χ0) is 20.9. The second-order valence-electron chi connectivity index (χ2n) is 7.91. The number of hydrogen-bond donors (Lipinski definition) is 1. The van der Waals surface area contributed by atoms with Gasteiger partial charge in [-0.3, -0.25) is 14.5 Å². The molecule has 0 aliphatic carbocycles. The summed E-state index contributed by atoms with van der Waals surface area (Å²) in [5.41, 5.74) is 2.43. The van der Waals surface area contributed by atoms with Crippen molar-refractivity contribution in [1.29, 1.82) is 0 Å². The number of para-hydroxylation sites is 1. The number of nitrogens with zero attached hydrogens (tertiary/aromatic N) is 2. The van der Waals surface area contributed by atoms with E-state index in [0.717, 1.165) is 25.3 Å². The molecular weight excluding hydrogens is 378 g/mol. The Morgan fingerprint density at radius 2 is 1.77 bits per heavy atom. The summed E-state index contributed by atoms with van der Waals surface area (Å²) in [4.78, 5) is 29.5. The van der Waals surface area contributed by atoms with Gasteiger partial charge < -0.3 is 15.0 Å². The summed E-state index contributed by atoms with van der Waals surface area (Å²) >= 11 is 0. The molecule has 0 bridgehead atoms. The molecule has 6 nitrogen and oxygen atoms in total. The van der Waals surface area contributed by atoms with Crippen molar-refractivity contribution in [1.82, 2.24) is 10.2 Å². The van der Waals surface area contributed by atoms with Gasteiger partial charge in [0.05, 0.1) is 24.4 Å². The molecule has 2 aromatic carbocycles. The van der Waals surface area contributed by atoms with Gasteiger partial charge in [-0.1, -0.05) is 24.3 Å². The molecule has 4 rings (SSSR count). The monoisotopic (exact) mass is 407 g/mol. The molecule has 2 aromatic rings. The molecule has 0 saturated carbocycles. The Bertz CT molecular complexity index is 891. The zero-order valence-corrected chi connectivity index (χ0v) is 17.5. The number of hydrogen-bond acceptors (Lipinski definition) is 4. The number of rotatable bonds is 7. The van der Waals surface area contributed by atoms with Crippen molar-refractivity contribution in [2.75, 3.05) is 38.2 Å². The number of likely N-dealkylation sites (tertiary alicyclic amines) is 1. The first kappa shape index (κ1) is 20.4. The number of benzene rings is 2. The molecule has 0 radical (unpaired) electrons. The van der Waals surface area contributed by atoms with E-state index in [9.17, 15) is 9.59 Å². The minimum atomic E-state index is -0.136. The predicted molar refractivity (Wildman–Crippen MR) is 117 cm³/mol. The summed E-state index contributed by atoms with van der Waals surface area (Å²) < 4.78 is 5.29. The number of methoxy groups -OCH3 is 1. The summed E-state index contributed by atoms with van der Waals surface area (Å²) in [6, 6.07) is 15.6. The number of carbonyl (C=O) groups is 2. The van der Waals surface area contributed by atoms with Crippen LogP contribution in [0.25, 0.3) is 0 Å². The number of amides is 2. The van der Waals surface area contributed by atoms with Crippen LogP contribution in [0.3, 0.4) is 0 Å². The van der Waals surface area contributed by atoms with E-state index in [1.165, 1.54) is 18.4 Å². The lowest BCUT2D eigenvalue weighted by Gasteiger charge is -2.28. The number of ether oxygens (including phenoxy) is 1. The van der Waals surface area contributed by atoms with Crippen LogP contribution in [0.2, 0.25) is 0 Å². The van der Waals surface area contributed by atoms with Crippen molar-refractivity contribution < 1.29 is 14.3 Å². The number of anilines is 1. The summed E-state index contributed by atoms with van der Waals surface area (Å²) in [6.07, 6.45) is 3.74. The van der Waals surface area contributed by atoms with Crippen molar-refractivity contribution in [3.8, 4) is 5.75 Å². The lowest BCUT2D eigenvalue weighted by molar-refractivity contribution is -0.117. The van der Waals surface area contributed by atoms with E-state index in [1.54, 1.807) is 18.1 Å². The molecule has 2 amide bonds. The third kappa shape index (κ3) is 4.33. The van der Waals surface area contributed by atoms with E-state index >= 15 is 0 Å². The summed E-state index contributed by atoms with van der Waals surface area (Å²) in [5, 5.41) is 3.13. The smallest absolute Gasteiger partial charge is 0.253 e. The van der Waals surface area contributed by atoms with Gasteiger partial charge in [0.15, 0.2) is 0 Å². The Morgan fingerprint density at radius 3 is 2.43 bits per heavy atom. The second kappa shape index (κ2) is 9.30. The minimum absolute atomic E-state index is 0.0865. The van der Waals surface area contributed by atoms with Crippen LogP contribution >= 0.6 is 0 Å². The Morgan fingerprint density at radius 1 is 1.03 bits per heavy atom. The SMILES string of the molecule is COc1ccc([C@H](CNC(=O)c2ccccc2N2CCCC2=O)N2CCCC2)cc1. The molecule has 1 N–H and O–H groups in total. The largest absolute Gasteiger partial charge is 0.497 e. The van der Waals surface area contributed by atoms with Gasteiger partial charge in [-0.05, 0) is 62.2 Å². The molecule has 6 heteroatoms. The molecular formula is C24H29N3O3. The van der Waals surface area contributed by atoms with Crippen LogP contribution in [-0.2, 0) is 4.79 Å². The van der Waals surface area contributed by atoms with Crippen molar-refractivity contribution in [2.45, 2.75) is 31.7 Å². The van der Waals surface area contributed by atoms with Gasteiger partial charge in [0.25, 0.3) is 5.91 Å². The van der Waals surface area contributed by atoms with Crippen LogP contribution in [0.5, 0.6) is 5.75 Å². The number of carbonyl (C=O) groups excluding carboxylic acids is 2. The molecule has 158 valence electrons. The van der Waals surface area contributed by atoms with Crippen LogP contribution in [0.15, 0.2) is 48.5 Å². The van der Waals surface area contributed by atoms with Crippen molar-refractivity contribution in [2.24, 2.45) is 0 Å². The maximum atomic E-state index is 13.1. The molecule has 2 aliphatic heterocycles. The topological polar surface area (TPSA) is 61.9 Å². The normalized spacial score (nSPS) is 17.9. The third-order valence-electron chi connectivity index (χ3n) is 6.05. The van der Waals surface area contributed by atoms with E-state index in [1.807, 2.05) is 30.3 Å². The highest BCUT2D eigenvalue weighted by Gasteiger charge is 2.27. The molecule has 2 aliphatic rings. The van der Waals surface area contributed by atoms with Crippen LogP contribution in [-0.4, -0.2) is 50.0 Å². The van der Waals surface area contributed by atoms with Gasteiger partial charge in [0.1, 0.15) is 5.75 Å². The van der Waals surface area contributed by atoms with Crippen molar-refractivity contribution in [3.05, 3.63) is 59.7 Å². The fraction of sp³-hybridized carbons (Fsp3) is 0.417. The van der Waals surface area contributed by atoms with E-state index in [-0.39, 0.29) is 17.9 Å². The molecule has 2 heterocycles. The number of nitrogens with one attached hydrogen (secondary N) is 1. The summed E-state index contributed by atoms with van der Waals surface area (Å²) in [7, 11) is 1.66. The van der Waals surface area contributed by atoms with Gasteiger partial charge in [0, 0.05) is 19.5 Å². The van der Waals surface area contributed by atoms with Crippen LogP contribution in [0.4, 0.5) is 5.69 Å². The molecule has 0 unspecified atom stereocenters. The van der Waals surface area contributed by atoms with Crippen LogP contribution < -0.4 is 15.0 Å². The third-order valence-corrected chi connectivity index (χ3v) is 6.05. The minimum Gasteiger partial charge on any atom is -0.497 e. The molecule has 2 saturated heterocycles. The first-order chi connectivity index (χ1) is 14.7. The van der Waals surface area contributed by atoms with Crippen LogP contribution in [0.1, 0.15) is 47.6 Å². The fourth-order valence-corrected chi connectivity index (χ4v) is 4.43. The highest BCUT2D eigenvalue weighted by atomic mass is 16.5. The molecule has 0 spiro atoms. The van der Waals surface area contributed by atoms with Crippen LogP contribution in [0, 0.1) is 0 Å². The quantitative estimate of drug-likeness (QED) is 0.764. The Balaban J connectivity index is 1.51. The fourth-order valence-electron chi connectivity index (χ4n) is 4.43. The predicted octanol–water partition coefficient (Wildman–Crippen LogP) is 3.39. The van der Waals surface area contributed by atoms with Gasteiger partial charge in [-0.15, -0.1) is 0 Å². The zero-order valence-electron chi connectivity index (χ0n) is 17.5. The highest BCUT2D eigenvalue weighted by Crippen LogP contribution is 2.28. The van der Waals surface area contributed by atoms with Gasteiger partial charge >= 0.3 is 0 Å². The Kier molecular flexibility index (Phi) is 6.33. The van der Waals surface area contributed by atoms with E-state index in [2.05, 4.69) is 22.3 Å². The highest BCUT2D eigenvalue weighted by molar-refractivity contribution is 6.05.